The number of carbonyl (C=O) groups excluding carboxylic acids is 2. The van der Waals surface area contributed by atoms with Gasteiger partial charge in [-0.3, -0.25) is 9.36 Å². The van der Waals surface area contributed by atoms with Crippen molar-refractivity contribution < 1.29 is 9.59 Å². The van der Waals surface area contributed by atoms with Crippen molar-refractivity contribution >= 4 is 20.2 Å². The van der Waals surface area contributed by atoms with Crippen LogP contribution in [-0.2, 0) is 4.79 Å². The van der Waals surface area contributed by atoms with Gasteiger partial charge in [-0.05, 0) is 24.6 Å². The van der Waals surface area contributed by atoms with E-state index < -0.39 is 8.24 Å². The highest BCUT2D eigenvalue weighted by atomic mass is 28.3. The third-order valence-electron chi connectivity index (χ3n) is 4.47. The van der Waals surface area contributed by atoms with Crippen molar-refractivity contribution in [2.75, 3.05) is 7.05 Å². The first kappa shape index (κ1) is 17.2. The van der Waals surface area contributed by atoms with E-state index in [-0.39, 0.29) is 18.0 Å². The van der Waals surface area contributed by atoms with Gasteiger partial charge in [-0.25, -0.2) is 4.79 Å². The molecule has 0 saturated carbocycles. The summed E-state index contributed by atoms with van der Waals surface area (Å²) in [5.41, 5.74) is 0. The molecule has 0 aliphatic carbocycles. The fraction of sp³-hybridized carbons (Fsp3) is 0.867. The van der Waals surface area contributed by atoms with Crippen molar-refractivity contribution in [3.63, 3.8) is 0 Å². The van der Waals surface area contributed by atoms with E-state index in [1.807, 2.05) is 6.92 Å². The van der Waals surface area contributed by atoms with Crippen molar-refractivity contribution in [2.45, 2.75) is 77.6 Å². The normalized spacial score (nSPS) is 20.1. The lowest BCUT2D eigenvalue weighted by Gasteiger charge is -2.38. The molecule has 0 bridgehead atoms. The fourth-order valence-corrected chi connectivity index (χ4v) is 9.08. The average molecular weight is 299 g/mol. The Balaban J connectivity index is 3.18. The maximum atomic E-state index is 12.7. The third kappa shape index (κ3) is 2.92. The second-order valence-electron chi connectivity index (χ2n) is 5.97. The molecule has 0 radical (unpaired) electrons. The number of imide groups is 1. The molecule has 1 atom stereocenters. The maximum absolute atomic E-state index is 12.7. The summed E-state index contributed by atoms with van der Waals surface area (Å²) in [5, 5.41) is 0. The van der Waals surface area contributed by atoms with E-state index in [2.05, 4.69) is 20.8 Å². The molecule has 3 amide bonds. The Kier molecular flexibility index (Phi) is 6.24. The van der Waals surface area contributed by atoms with Gasteiger partial charge in [0, 0.05) is 7.05 Å². The van der Waals surface area contributed by atoms with Gasteiger partial charge in [0.05, 0.1) is 0 Å². The summed E-state index contributed by atoms with van der Waals surface area (Å²) < 4.78 is 1.75. The van der Waals surface area contributed by atoms with E-state index in [9.17, 15) is 9.59 Å². The molecule has 1 unspecified atom stereocenters. The molecule has 1 aliphatic rings. The lowest BCUT2D eigenvalue weighted by Crippen LogP contribution is -2.56. The van der Waals surface area contributed by atoms with Crippen LogP contribution in [0, 0.1) is 0 Å². The predicted octanol–water partition coefficient (Wildman–Crippen LogP) is 3.83. The number of rotatable bonds is 8. The summed E-state index contributed by atoms with van der Waals surface area (Å²) >= 11 is 0. The van der Waals surface area contributed by atoms with Crippen LogP contribution in [0.4, 0.5) is 4.79 Å². The first-order valence-electron chi connectivity index (χ1n) is 8.09. The molecule has 1 rings (SSSR count). The molecule has 4 nitrogen and oxygen atoms in total. The standard InChI is InChI=1S/C15H30N2O2Si/c1-6-10-20(11-7-2,12-8-3)17-14(18)13(9-4)16(5)15(17)19/h13H,6-12H2,1-5H3. The van der Waals surface area contributed by atoms with Gasteiger partial charge in [-0.15, -0.1) is 0 Å². The molecule has 1 heterocycles. The van der Waals surface area contributed by atoms with Gasteiger partial charge in [-0.2, -0.15) is 0 Å². The van der Waals surface area contributed by atoms with Crippen LogP contribution in [0.5, 0.6) is 0 Å². The zero-order valence-corrected chi connectivity index (χ0v) is 14.7. The topological polar surface area (TPSA) is 40.6 Å². The van der Waals surface area contributed by atoms with Gasteiger partial charge in [0.1, 0.15) is 6.04 Å². The largest absolute Gasteiger partial charge is 0.319 e. The predicted molar refractivity (Wildman–Crippen MR) is 85.1 cm³/mol. The highest BCUT2D eigenvalue weighted by Gasteiger charge is 2.52. The number of likely N-dealkylation sites (N-methyl/N-ethyl adjacent to an activating group) is 1. The monoisotopic (exact) mass is 298 g/mol. The molecule has 5 heteroatoms. The van der Waals surface area contributed by atoms with Crippen molar-refractivity contribution in [1.29, 1.82) is 0 Å². The summed E-state index contributed by atoms with van der Waals surface area (Å²) in [6, 6.07) is 2.88. The van der Waals surface area contributed by atoms with E-state index in [0.717, 1.165) is 37.4 Å². The Morgan fingerprint density at radius 1 is 0.950 bits per heavy atom. The number of nitrogens with zero attached hydrogens (tertiary/aromatic N) is 2. The van der Waals surface area contributed by atoms with Crippen LogP contribution in [0.15, 0.2) is 0 Å². The Bertz CT molecular complexity index is 343. The number of amides is 3. The van der Waals surface area contributed by atoms with Gasteiger partial charge in [-0.1, -0.05) is 47.0 Å². The molecular formula is C15H30N2O2Si. The highest BCUT2D eigenvalue weighted by Crippen LogP contribution is 2.35. The van der Waals surface area contributed by atoms with Gasteiger partial charge in [0.15, 0.2) is 8.24 Å². The third-order valence-corrected chi connectivity index (χ3v) is 10.1. The molecular weight excluding hydrogens is 268 g/mol. The van der Waals surface area contributed by atoms with Gasteiger partial charge < -0.3 is 4.90 Å². The van der Waals surface area contributed by atoms with Gasteiger partial charge in [0.25, 0.3) is 0 Å². The lowest BCUT2D eigenvalue weighted by molar-refractivity contribution is -0.125. The molecule has 1 saturated heterocycles. The molecule has 116 valence electrons. The summed E-state index contributed by atoms with van der Waals surface area (Å²) in [4.78, 5) is 27.0. The zero-order valence-electron chi connectivity index (χ0n) is 13.7. The van der Waals surface area contributed by atoms with Crippen LogP contribution < -0.4 is 0 Å². The van der Waals surface area contributed by atoms with Crippen LogP contribution in [0.25, 0.3) is 0 Å². The van der Waals surface area contributed by atoms with Crippen molar-refractivity contribution in [1.82, 2.24) is 9.47 Å². The van der Waals surface area contributed by atoms with E-state index in [4.69, 9.17) is 0 Å². The first-order chi connectivity index (χ1) is 9.48. The Morgan fingerprint density at radius 2 is 1.40 bits per heavy atom. The van der Waals surface area contributed by atoms with Crippen LogP contribution in [0.2, 0.25) is 18.1 Å². The SMILES string of the molecule is CCC[Si](CCC)(CCC)N1C(=O)C(CC)N(C)C1=O. The number of urea groups is 1. The summed E-state index contributed by atoms with van der Waals surface area (Å²) in [6.07, 6.45) is 3.89. The zero-order chi connectivity index (χ0) is 15.3. The van der Waals surface area contributed by atoms with Crippen LogP contribution in [0.1, 0.15) is 53.4 Å². The number of hydrogen-bond donors (Lipinski definition) is 0. The minimum atomic E-state index is -2.00. The van der Waals surface area contributed by atoms with Gasteiger partial charge >= 0.3 is 6.03 Å². The maximum Gasteiger partial charge on any atom is 0.319 e. The minimum absolute atomic E-state index is 0.0381. The van der Waals surface area contributed by atoms with Crippen LogP contribution in [0.3, 0.4) is 0 Å². The van der Waals surface area contributed by atoms with Crippen molar-refractivity contribution in [3.8, 4) is 0 Å². The highest BCUT2D eigenvalue weighted by molar-refractivity contribution is 6.81. The summed E-state index contributed by atoms with van der Waals surface area (Å²) in [5.74, 6) is 0.0713. The second kappa shape index (κ2) is 7.25. The molecule has 0 N–H and O–H groups in total. The minimum Gasteiger partial charge on any atom is -0.316 e. The van der Waals surface area contributed by atoms with Crippen LogP contribution in [-0.4, -0.2) is 42.7 Å². The number of hydrogen-bond acceptors (Lipinski definition) is 2. The molecule has 0 spiro atoms. The molecule has 0 aromatic heterocycles. The summed E-state index contributed by atoms with van der Waals surface area (Å²) in [7, 11) is -0.221. The number of carbonyl (C=O) groups is 2. The van der Waals surface area contributed by atoms with Crippen LogP contribution >= 0.6 is 0 Å². The van der Waals surface area contributed by atoms with Gasteiger partial charge in [0.2, 0.25) is 5.91 Å². The average Bonchev–Trinajstić information content (AvgIpc) is 2.61. The summed E-state index contributed by atoms with van der Waals surface area (Å²) in [6.45, 7) is 8.48. The van der Waals surface area contributed by atoms with Crippen molar-refractivity contribution in [2.24, 2.45) is 0 Å². The molecule has 1 aliphatic heterocycles. The quantitative estimate of drug-likeness (QED) is 0.504. The second-order valence-corrected chi connectivity index (χ2v) is 10.4. The first-order valence-corrected chi connectivity index (χ1v) is 10.7. The van der Waals surface area contributed by atoms with Crippen molar-refractivity contribution in [3.05, 3.63) is 0 Å². The van der Waals surface area contributed by atoms with E-state index in [1.165, 1.54) is 0 Å². The Morgan fingerprint density at radius 3 is 1.70 bits per heavy atom. The Labute approximate surface area is 124 Å². The molecule has 0 aromatic carbocycles. The molecule has 20 heavy (non-hydrogen) atoms. The Hall–Kier alpha value is -0.843. The lowest BCUT2D eigenvalue weighted by atomic mass is 10.2. The van der Waals surface area contributed by atoms with E-state index >= 15 is 0 Å². The van der Waals surface area contributed by atoms with E-state index in [0.29, 0.717) is 6.42 Å². The fourth-order valence-electron chi connectivity index (χ4n) is 3.69. The van der Waals surface area contributed by atoms with E-state index in [1.54, 1.807) is 16.5 Å². The smallest absolute Gasteiger partial charge is 0.316 e. The molecule has 0 aromatic rings. The molecule has 1 fully saturated rings.